The molecule has 0 aliphatic heterocycles. The maximum atomic E-state index is 13.7. The smallest absolute Gasteiger partial charge is 0.343 e. The van der Waals surface area contributed by atoms with Crippen LogP contribution < -0.4 is 23.7 Å². The van der Waals surface area contributed by atoms with Gasteiger partial charge in [-0.05, 0) is 155 Å². The van der Waals surface area contributed by atoms with Gasteiger partial charge in [0.05, 0.1) is 69.5 Å². The first-order valence-electron chi connectivity index (χ1n) is 34.0. The Kier molecular flexibility index (Phi) is 41.8. The highest BCUT2D eigenvalue weighted by molar-refractivity contribution is 5.97. The fourth-order valence-electron chi connectivity index (χ4n) is 9.85. The molecule has 0 saturated heterocycles. The van der Waals surface area contributed by atoms with E-state index in [1.54, 1.807) is 72.8 Å². The van der Waals surface area contributed by atoms with E-state index < -0.39 is 23.9 Å². The Labute approximate surface area is 552 Å². The van der Waals surface area contributed by atoms with Gasteiger partial charge in [-0.25, -0.2) is 33.6 Å². The summed E-state index contributed by atoms with van der Waals surface area (Å²) in [5.74, 6) is -1.62. The van der Waals surface area contributed by atoms with Crippen molar-refractivity contribution in [1.29, 1.82) is 0 Å². The molecule has 0 N–H and O–H groups in total. The third kappa shape index (κ3) is 36.6. The fourth-order valence-corrected chi connectivity index (χ4v) is 9.85. The molecule has 0 bridgehead atoms. The zero-order valence-electron chi connectivity index (χ0n) is 55.0. The monoisotopic (exact) mass is 1290 g/mol. The van der Waals surface area contributed by atoms with Crippen molar-refractivity contribution in [1.82, 2.24) is 0 Å². The molecule has 0 heterocycles. The minimum Gasteiger partial charge on any atom is -0.494 e. The summed E-state index contributed by atoms with van der Waals surface area (Å²) in [6.07, 6.45) is 34.6. The molecule has 0 atom stereocenters. The third-order valence-corrected chi connectivity index (χ3v) is 15.3. The third-order valence-electron chi connectivity index (χ3n) is 15.3. The summed E-state index contributed by atoms with van der Waals surface area (Å²) < 4.78 is 55.5. The van der Waals surface area contributed by atoms with Crippen LogP contribution in [0.15, 0.2) is 129 Å². The average Bonchev–Trinajstić information content (AvgIpc) is 2.52. The first-order chi connectivity index (χ1) is 45.5. The topological polar surface area (TPSA) is 212 Å². The number of unbranched alkanes of at least 4 members (excludes halogenated alkanes) is 27. The Morgan fingerprint density at radius 3 is 0.817 bits per heavy atom. The number of ether oxygens (including phenoxy) is 10. The standard InChI is InChI=1S/C76H102O17/c1-4-70(77)87-55-33-24-18-12-7-10-16-22-30-52-84-65-46-40-62(41-47-65)74(81)92-67-50-51-69(93-75(82)63-42-48-66(49-43-63)85-53-31-23-17-11-8-13-19-25-34-56-88-71(78)5-2)68(60-67)76(83)91-59-37-27-21-15-9-14-20-26-36-58-90-73(80)61-38-44-64(45-39-61)86-54-32-28-29-35-57-89-72(79)6-3/h4-6,38-51,60H,1-3,7-37,52-59H2. The lowest BCUT2D eigenvalue weighted by atomic mass is 10.1. The highest BCUT2D eigenvalue weighted by atomic mass is 16.6. The molecule has 17 heteroatoms. The molecule has 508 valence electrons. The van der Waals surface area contributed by atoms with Crippen molar-refractivity contribution in [3.8, 4) is 28.7 Å². The van der Waals surface area contributed by atoms with Crippen molar-refractivity contribution in [2.45, 2.75) is 199 Å². The molecule has 0 fully saturated rings. The summed E-state index contributed by atoms with van der Waals surface area (Å²) in [7, 11) is 0. The number of esters is 7. The Bertz CT molecular complexity index is 2790. The molecule has 93 heavy (non-hydrogen) atoms. The maximum Gasteiger partial charge on any atom is 0.343 e. The quantitative estimate of drug-likeness (QED) is 0.0132. The van der Waals surface area contributed by atoms with E-state index >= 15 is 0 Å². The molecule has 4 aromatic rings. The van der Waals surface area contributed by atoms with E-state index in [0.29, 0.717) is 75.5 Å². The van der Waals surface area contributed by atoms with Gasteiger partial charge in [-0.2, -0.15) is 0 Å². The molecule has 0 aromatic heterocycles. The zero-order chi connectivity index (χ0) is 66.6. The predicted molar refractivity (Wildman–Crippen MR) is 359 cm³/mol. The van der Waals surface area contributed by atoms with Crippen LogP contribution in [0.2, 0.25) is 0 Å². The van der Waals surface area contributed by atoms with Crippen molar-refractivity contribution in [2.75, 3.05) is 52.9 Å². The largest absolute Gasteiger partial charge is 0.494 e. The van der Waals surface area contributed by atoms with E-state index in [4.69, 9.17) is 47.4 Å². The minimum absolute atomic E-state index is 0.0479. The molecule has 0 unspecified atom stereocenters. The van der Waals surface area contributed by atoms with Crippen molar-refractivity contribution >= 4 is 41.8 Å². The summed E-state index contributed by atoms with van der Waals surface area (Å²) in [6.45, 7) is 13.6. The van der Waals surface area contributed by atoms with Crippen LogP contribution in [0.3, 0.4) is 0 Å². The molecular weight excluding hydrogens is 1180 g/mol. The van der Waals surface area contributed by atoms with Crippen LogP contribution in [-0.2, 0) is 38.1 Å². The second kappa shape index (κ2) is 50.4. The normalized spacial score (nSPS) is 10.8. The molecule has 0 amide bonds. The van der Waals surface area contributed by atoms with Crippen LogP contribution in [0.5, 0.6) is 28.7 Å². The van der Waals surface area contributed by atoms with Crippen molar-refractivity contribution in [2.24, 2.45) is 0 Å². The Hall–Kier alpha value is -8.21. The number of carbonyl (C=O) groups is 7. The highest BCUT2D eigenvalue weighted by Gasteiger charge is 2.21. The van der Waals surface area contributed by atoms with Crippen molar-refractivity contribution in [3.63, 3.8) is 0 Å². The molecule has 0 radical (unpaired) electrons. The van der Waals surface area contributed by atoms with Crippen LogP contribution >= 0.6 is 0 Å². The molecule has 4 rings (SSSR count). The van der Waals surface area contributed by atoms with Gasteiger partial charge in [0.1, 0.15) is 34.3 Å². The number of hydrogen-bond acceptors (Lipinski definition) is 17. The van der Waals surface area contributed by atoms with E-state index in [2.05, 4.69) is 19.7 Å². The van der Waals surface area contributed by atoms with Gasteiger partial charge in [0, 0.05) is 18.2 Å². The van der Waals surface area contributed by atoms with E-state index in [-0.39, 0.29) is 52.7 Å². The van der Waals surface area contributed by atoms with Crippen LogP contribution in [0, 0.1) is 0 Å². The molecular formula is C76H102O17. The minimum atomic E-state index is -0.727. The number of hydrogen-bond donors (Lipinski definition) is 0. The lowest BCUT2D eigenvalue weighted by Gasteiger charge is -2.13. The zero-order valence-corrected chi connectivity index (χ0v) is 55.0. The Morgan fingerprint density at radius 2 is 0.505 bits per heavy atom. The predicted octanol–water partition coefficient (Wildman–Crippen LogP) is 17.6. The summed E-state index contributed by atoms with van der Waals surface area (Å²) in [4.78, 5) is 86.6. The second-order valence-corrected chi connectivity index (χ2v) is 22.9. The molecule has 0 aliphatic rings. The lowest BCUT2D eigenvalue weighted by Crippen LogP contribution is -2.14. The first kappa shape index (κ1) is 77.2. The Balaban J connectivity index is 1.16. The lowest BCUT2D eigenvalue weighted by molar-refractivity contribution is -0.138. The van der Waals surface area contributed by atoms with E-state index in [1.807, 2.05) is 0 Å². The van der Waals surface area contributed by atoms with Crippen LogP contribution in [0.25, 0.3) is 0 Å². The van der Waals surface area contributed by atoms with Crippen molar-refractivity contribution in [3.05, 3.63) is 151 Å². The number of rotatable bonds is 55. The SMILES string of the molecule is C=CC(=O)OCCCCCCCCCCCOc1ccc(C(=O)Oc2ccc(OC(=O)c3ccc(OCCCCCCCCCCCOC(=O)C=C)cc3)c(C(=O)OCCCCCCCCCCCOC(=O)c3ccc(OCCCCCCOC(=O)C=C)cc3)c2)cc1. The van der Waals surface area contributed by atoms with E-state index in [0.717, 1.165) is 186 Å². The summed E-state index contributed by atoms with van der Waals surface area (Å²) in [5, 5.41) is 0. The van der Waals surface area contributed by atoms with Crippen LogP contribution in [-0.4, -0.2) is 94.6 Å². The molecule has 0 spiro atoms. The summed E-state index contributed by atoms with van der Waals surface area (Å²) in [5.41, 5.74) is 0.937. The molecule has 0 aliphatic carbocycles. The van der Waals surface area contributed by atoms with Gasteiger partial charge in [-0.15, -0.1) is 0 Å². The second-order valence-electron chi connectivity index (χ2n) is 22.9. The van der Waals surface area contributed by atoms with Gasteiger partial charge in [0.25, 0.3) is 0 Å². The van der Waals surface area contributed by atoms with Gasteiger partial charge in [0.15, 0.2) is 0 Å². The van der Waals surface area contributed by atoms with Gasteiger partial charge in [-0.1, -0.05) is 155 Å². The van der Waals surface area contributed by atoms with Gasteiger partial charge >= 0.3 is 41.8 Å². The van der Waals surface area contributed by atoms with E-state index in [1.165, 1.54) is 43.2 Å². The van der Waals surface area contributed by atoms with Gasteiger partial charge in [0.2, 0.25) is 0 Å². The summed E-state index contributed by atoms with van der Waals surface area (Å²) >= 11 is 0. The average molecular weight is 1290 g/mol. The molecule has 17 nitrogen and oxygen atoms in total. The molecule has 0 saturated carbocycles. The van der Waals surface area contributed by atoms with Gasteiger partial charge in [-0.3, -0.25) is 0 Å². The number of benzene rings is 4. The van der Waals surface area contributed by atoms with Crippen LogP contribution in [0.4, 0.5) is 0 Å². The fraction of sp³-hybridized carbons (Fsp3) is 0.513. The molecule has 4 aromatic carbocycles. The van der Waals surface area contributed by atoms with Crippen LogP contribution in [0.1, 0.15) is 240 Å². The number of carbonyl (C=O) groups excluding carboxylic acids is 7. The maximum absolute atomic E-state index is 13.7. The summed E-state index contributed by atoms with van der Waals surface area (Å²) in [6, 6.07) is 24.5. The van der Waals surface area contributed by atoms with Gasteiger partial charge < -0.3 is 47.4 Å². The van der Waals surface area contributed by atoms with E-state index in [9.17, 15) is 33.6 Å². The Morgan fingerprint density at radius 1 is 0.258 bits per heavy atom. The first-order valence-corrected chi connectivity index (χ1v) is 34.0. The highest BCUT2D eigenvalue weighted by Crippen LogP contribution is 2.28. The van der Waals surface area contributed by atoms with Crippen molar-refractivity contribution < 1.29 is 80.9 Å².